The molecule has 7 nitrogen and oxygen atoms in total. The van der Waals surface area contributed by atoms with Crippen LogP contribution in [0, 0.1) is 12.7 Å². The molecule has 0 saturated heterocycles. The minimum Gasteiger partial charge on any atom is -0.308 e. The van der Waals surface area contributed by atoms with Crippen LogP contribution in [-0.2, 0) is 0 Å². The summed E-state index contributed by atoms with van der Waals surface area (Å²) in [5, 5.41) is 12.8. The van der Waals surface area contributed by atoms with Gasteiger partial charge in [0.15, 0.2) is 5.65 Å². The average molecular weight is 362 g/mol. The lowest BCUT2D eigenvalue weighted by molar-refractivity contribution is 0.262. The van der Waals surface area contributed by atoms with Crippen LogP contribution in [0.5, 0.6) is 0 Å². The first-order chi connectivity index (χ1) is 13.1. The number of aromatic amines is 1. The molecular weight excluding hydrogens is 347 g/mol. The lowest BCUT2D eigenvalue weighted by atomic mass is 10.1. The number of benzene rings is 2. The highest BCUT2D eigenvalue weighted by Gasteiger charge is 2.13. The van der Waals surface area contributed by atoms with Gasteiger partial charge in [0.1, 0.15) is 12.1 Å². The van der Waals surface area contributed by atoms with Crippen LogP contribution in [0.3, 0.4) is 0 Å². The van der Waals surface area contributed by atoms with Crippen molar-refractivity contribution in [2.75, 3.05) is 10.6 Å². The molecule has 2 amide bonds. The number of fused-ring (bicyclic) bond motifs is 1. The first kappa shape index (κ1) is 16.6. The van der Waals surface area contributed by atoms with Crippen LogP contribution in [0.2, 0.25) is 0 Å². The van der Waals surface area contributed by atoms with Gasteiger partial charge < -0.3 is 10.6 Å². The third-order valence-electron chi connectivity index (χ3n) is 4.02. The van der Waals surface area contributed by atoms with Crippen LogP contribution >= 0.6 is 0 Å². The monoisotopic (exact) mass is 362 g/mol. The van der Waals surface area contributed by atoms with E-state index in [1.54, 1.807) is 18.3 Å². The molecule has 0 saturated carbocycles. The number of H-pyrrole nitrogens is 1. The number of aromatic nitrogens is 4. The maximum atomic E-state index is 14.5. The van der Waals surface area contributed by atoms with E-state index in [-0.39, 0.29) is 5.69 Å². The standard InChI is InChI=1S/C19H15FN6O/c1-11-3-2-4-13(7-11)23-19(27)24-16-6-5-12(8-15(16)20)17-14-9-21-10-22-18(14)26-25-17/h2-10H,1H3,(H2,23,24,27)(H,21,22,25,26). The lowest BCUT2D eigenvalue weighted by Crippen LogP contribution is -2.20. The summed E-state index contributed by atoms with van der Waals surface area (Å²) in [6.07, 6.45) is 3.01. The first-order valence-electron chi connectivity index (χ1n) is 8.19. The SMILES string of the molecule is Cc1cccc(NC(=O)Nc2ccc(-c3[nH]nc4ncncc34)cc2F)c1. The predicted octanol–water partition coefficient (Wildman–Crippen LogP) is 4.11. The van der Waals surface area contributed by atoms with Crippen molar-refractivity contribution < 1.29 is 9.18 Å². The van der Waals surface area contributed by atoms with E-state index in [0.717, 1.165) is 5.56 Å². The molecule has 27 heavy (non-hydrogen) atoms. The number of halogens is 1. The van der Waals surface area contributed by atoms with Crippen molar-refractivity contribution in [3.63, 3.8) is 0 Å². The third-order valence-corrected chi connectivity index (χ3v) is 4.02. The number of hydrogen-bond donors (Lipinski definition) is 3. The van der Waals surface area contributed by atoms with Crippen molar-refractivity contribution in [1.29, 1.82) is 0 Å². The second-order valence-electron chi connectivity index (χ2n) is 6.00. The largest absolute Gasteiger partial charge is 0.323 e. The van der Waals surface area contributed by atoms with Crippen molar-refractivity contribution in [3.8, 4) is 11.3 Å². The summed E-state index contributed by atoms with van der Waals surface area (Å²) >= 11 is 0. The molecule has 2 aromatic heterocycles. The van der Waals surface area contributed by atoms with E-state index in [9.17, 15) is 9.18 Å². The van der Waals surface area contributed by atoms with Gasteiger partial charge in [-0.25, -0.2) is 19.2 Å². The molecule has 0 aliphatic heterocycles. The van der Waals surface area contributed by atoms with Gasteiger partial charge in [0, 0.05) is 17.4 Å². The van der Waals surface area contributed by atoms with E-state index in [2.05, 4.69) is 30.8 Å². The van der Waals surface area contributed by atoms with Crippen LogP contribution in [0.25, 0.3) is 22.3 Å². The van der Waals surface area contributed by atoms with Gasteiger partial charge in [0.05, 0.1) is 16.8 Å². The smallest absolute Gasteiger partial charge is 0.308 e. The van der Waals surface area contributed by atoms with E-state index < -0.39 is 11.8 Å². The first-order valence-corrected chi connectivity index (χ1v) is 8.19. The molecule has 4 rings (SSSR count). The van der Waals surface area contributed by atoms with Crippen LogP contribution in [0.1, 0.15) is 5.56 Å². The van der Waals surface area contributed by atoms with Gasteiger partial charge in [-0.15, -0.1) is 0 Å². The zero-order valence-electron chi connectivity index (χ0n) is 14.3. The Kier molecular flexibility index (Phi) is 4.21. The molecule has 4 aromatic rings. The van der Waals surface area contributed by atoms with Gasteiger partial charge in [0.25, 0.3) is 0 Å². The Morgan fingerprint density at radius 3 is 2.85 bits per heavy atom. The Morgan fingerprint density at radius 1 is 1.15 bits per heavy atom. The van der Waals surface area contributed by atoms with Gasteiger partial charge in [-0.2, -0.15) is 5.10 Å². The Labute approximate surface area is 153 Å². The summed E-state index contributed by atoms with van der Waals surface area (Å²) in [5.74, 6) is -0.563. The number of nitrogens with one attached hydrogen (secondary N) is 3. The number of carbonyl (C=O) groups is 1. The van der Waals surface area contributed by atoms with Crippen molar-refractivity contribution in [1.82, 2.24) is 20.2 Å². The van der Waals surface area contributed by atoms with Crippen LogP contribution in [0.15, 0.2) is 55.0 Å². The maximum absolute atomic E-state index is 14.5. The van der Waals surface area contributed by atoms with Crippen LogP contribution in [-0.4, -0.2) is 26.2 Å². The van der Waals surface area contributed by atoms with E-state index in [0.29, 0.717) is 28.0 Å². The molecule has 0 aliphatic rings. The van der Waals surface area contributed by atoms with Crippen LogP contribution < -0.4 is 10.6 Å². The van der Waals surface area contributed by atoms with Crippen LogP contribution in [0.4, 0.5) is 20.6 Å². The van der Waals surface area contributed by atoms with Crippen molar-refractivity contribution in [2.45, 2.75) is 6.92 Å². The summed E-state index contributed by atoms with van der Waals surface area (Å²) in [4.78, 5) is 20.1. The number of amides is 2. The van der Waals surface area contributed by atoms with E-state index in [1.165, 1.54) is 18.5 Å². The molecule has 0 spiro atoms. The number of anilines is 2. The van der Waals surface area contributed by atoms with Gasteiger partial charge >= 0.3 is 6.03 Å². The molecule has 134 valence electrons. The zero-order chi connectivity index (χ0) is 18.8. The normalized spacial score (nSPS) is 10.7. The summed E-state index contributed by atoms with van der Waals surface area (Å²) in [5.41, 5.74) is 3.41. The number of carbonyl (C=O) groups excluding carboxylic acids is 1. The van der Waals surface area contributed by atoms with E-state index >= 15 is 0 Å². The van der Waals surface area contributed by atoms with Crippen molar-refractivity contribution >= 4 is 28.4 Å². The van der Waals surface area contributed by atoms with Gasteiger partial charge in [-0.1, -0.05) is 18.2 Å². The molecule has 0 atom stereocenters. The second kappa shape index (κ2) is 6.83. The molecule has 0 radical (unpaired) electrons. The van der Waals surface area contributed by atoms with Crippen molar-refractivity contribution in [2.24, 2.45) is 0 Å². The Bertz CT molecular complexity index is 1140. The molecule has 2 heterocycles. The molecule has 0 bridgehead atoms. The molecule has 2 aromatic carbocycles. The fraction of sp³-hybridized carbons (Fsp3) is 0.0526. The summed E-state index contributed by atoms with van der Waals surface area (Å²) < 4.78 is 14.5. The summed E-state index contributed by atoms with van der Waals surface area (Å²) in [7, 11) is 0. The maximum Gasteiger partial charge on any atom is 0.323 e. The number of urea groups is 1. The van der Waals surface area contributed by atoms with Gasteiger partial charge in [-0.3, -0.25) is 5.10 Å². The summed E-state index contributed by atoms with van der Waals surface area (Å²) in [6, 6.07) is 11.3. The summed E-state index contributed by atoms with van der Waals surface area (Å²) in [6.45, 7) is 1.92. The minimum atomic E-state index is -0.563. The van der Waals surface area contributed by atoms with E-state index in [4.69, 9.17) is 0 Å². The number of rotatable bonds is 3. The highest BCUT2D eigenvalue weighted by atomic mass is 19.1. The molecule has 0 fully saturated rings. The average Bonchev–Trinajstić information content (AvgIpc) is 3.07. The Balaban J connectivity index is 1.54. The second-order valence-corrected chi connectivity index (χ2v) is 6.00. The third kappa shape index (κ3) is 3.45. The Hall–Kier alpha value is -3.81. The fourth-order valence-electron chi connectivity index (χ4n) is 2.76. The van der Waals surface area contributed by atoms with Gasteiger partial charge in [-0.05, 0) is 36.8 Å². The molecule has 0 aliphatic carbocycles. The van der Waals surface area contributed by atoms with Gasteiger partial charge in [0.2, 0.25) is 0 Å². The number of aryl methyl sites for hydroxylation is 1. The number of hydrogen-bond acceptors (Lipinski definition) is 4. The lowest BCUT2D eigenvalue weighted by Gasteiger charge is -2.10. The minimum absolute atomic E-state index is 0.0731. The molecular formula is C19H15FN6O. The molecule has 0 unspecified atom stereocenters. The topological polar surface area (TPSA) is 95.6 Å². The zero-order valence-corrected chi connectivity index (χ0v) is 14.3. The van der Waals surface area contributed by atoms with E-state index in [1.807, 2.05) is 25.1 Å². The Morgan fingerprint density at radius 2 is 2.04 bits per heavy atom. The predicted molar refractivity (Wildman–Crippen MR) is 101 cm³/mol. The number of nitrogens with zero attached hydrogens (tertiary/aromatic N) is 3. The highest BCUT2D eigenvalue weighted by molar-refractivity contribution is 6.00. The highest BCUT2D eigenvalue weighted by Crippen LogP contribution is 2.27. The quantitative estimate of drug-likeness (QED) is 0.511. The molecule has 8 heteroatoms. The molecule has 3 N–H and O–H groups in total. The van der Waals surface area contributed by atoms with Crippen molar-refractivity contribution in [3.05, 3.63) is 66.4 Å². The fourth-order valence-corrected chi connectivity index (χ4v) is 2.76.